The van der Waals surface area contributed by atoms with E-state index < -0.39 is 11.9 Å². The second kappa shape index (κ2) is 11.6. The fourth-order valence-electron chi connectivity index (χ4n) is 9.72. The Hall–Kier alpha value is -2.85. The summed E-state index contributed by atoms with van der Waals surface area (Å²) in [6.07, 6.45) is 10.4. The number of aryl methyl sites for hydroxylation is 1. The van der Waals surface area contributed by atoms with Crippen LogP contribution in [0.2, 0.25) is 0 Å². The second-order valence-corrected chi connectivity index (χ2v) is 14.2. The molecule has 1 aromatic heterocycles. The van der Waals surface area contributed by atoms with Crippen LogP contribution in [0.4, 0.5) is 10.1 Å². The van der Waals surface area contributed by atoms with Gasteiger partial charge in [-0.05, 0) is 100 Å². The van der Waals surface area contributed by atoms with Gasteiger partial charge in [0.2, 0.25) is 11.8 Å². The zero-order chi connectivity index (χ0) is 29.7. The number of alkyl halides is 1. The highest BCUT2D eigenvalue weighted by atomic mass is 19.1. The molecule has 43 heavy (non-hydrogen) atoms. The highest BCUT2D eigenvalue weighted by molar-refractivity contribution is 5.99. The van der Waals surface area contributed by atoms with Crippen LogP contribution in [-0.2, 0) is 9.59 Å². The summed E-state index contributed by atoms with van der Waals surface area (Å²) >= 11 is 0. The molecule has 8 rings (SSSR count). The van der Waals surface area contributed by atoms with E-state index in [1.807, 2.05) is 12.1 Å². The number of halogens is 1. The Bertz CT molecular complexity index is 1420. The molecule has 1 aromatic carbocycles. The molecule has 2 atom stereocenters. The van der Waals surface area contributed by atoms with E-state index in [1.165, 1.54) is 49.5 Å². The molecule has 9 nitrogen and oxygen atoms in total. The molecular weight excluding hydrogens is 547 g/mol. The molecule has 3 heterocycles. The van der Waals surface area contributed by atoms with Crippen molar-refractivity contribution in [1.82, 2.24) is 24.7 Å². The first-order valence-electron chi connectivity index (χ1n) is 16.4. The number of hydrogen-bond acceptors (Lipinski definition) is 7. The highest BCUT2D eigenvalue weighted by Gasteiger charge is 2.50. The van der Waals surface area contributed by atoms with Crippen LogP contribution in [0.25, 0.3) is 10.9 Å². The topological polar surface area (TPSA) is 99.6 Å². The molecule has 0 radical (unpaired) electrons. The average Bonchev–Trinajstić information content (AvgIpc) is 2.97. The van der Waals surface area contributed by atoms with Gasteiger partial charge in [0.15, 0.2) is 0 Å². The van der Waals surface area contributed by atoms with Gasteiger partial charge in [-0.2, -0.15) is 0 Å². The predicted molar refractivity (Wildman–Crippen MR) is 164 cm³/mol. The molecule has 4 bridgehead atoms. The maximum atomic E-state index is 14.3. The van der Waals surface area contributed by atoms with E-state index >= 15 is 0 Å². The summed E-state index contributed by atoms with van der Waals surface area (Å²) in [5.41, 5.74) is 1.48. The number of piperidine rings is 1. The van der Waals surface area contributed by atoms with E-state index in [1.54, 1.807) is 13.0 Å². The highest BCUT2D eigenvalue weighted by Crippen LogP contribution is 2.61. The van der Waals surface area contributed by atoms with Crippen molar-refractivity contribution in [2.75, 3.05) is 51.3 Å². The van der Waals surface area contributed by atoms with Crippen molar-refractivity contribution in [2.45, 2.75) is 76.8 Å². The first kappa shape index (κ1) is 28.9. The Morgan fingerprint density at radius 3 is 2.49 bits per heavy atom. The number of nitrogens with zero attached hydrogens (tertiary/aromatic N) is 4. The van der Waals surface area contributed by atoms with Crippen LogP contribution in [0.3, 0.4) is 0 Å². The van der Waals surface area contributed by atoms with Crippen molar-refractivity contribution < 1.29 is 14.0 Å². The number of carbonyl (C=O) groups excluding carboxylic acids is 2. The number of carbonyl (C=O) groups is 2. The Morgan fingerprint density at radius 2 is 1.79 bits per heavy atom. The van der Waals surface area contributed by atoms with E-state index in [-0.39, 0.29) is 37.0 Å². The number of anilines is 1. The van der Waals surface area contributed by atoms with Gasteiger partial charge < -0.3 is 10.2 Å². The first-order valence-corrected chi connectivity index (χ1v) is 16.4. The molecule has 2 saturated heterocycles. The number of rotatable bonds is 9. The Kier molecular flexibility index (Phi) is 7.78. The van der Waals surface area contributed by atoms with Crippen LogP contribution < -0.4 is 16.2 Å². The Labute approximate surface area is 252 Å². The van der Waals surface area contributed by atoms with Crippen molar-refractivity contribution in [2.24, 2.45) is 23.2 Å². The number of piperazine rings is 1. The largest absolute Gasteiger partial charge is 0.383 e. The van der Waals surface area contributed by atoms with E-state index in [2.05, 4.69) is 25.4 Å². The number of nitrogens with one attached hydrogen (secondary N) is 2. The van der Waals surface area contributed by atoms with Gasteiger partial charge >= 0.3 is 0 Å². The molecule has 232 valence electrons. The maximum Gasteiger partial charge on any atom is 0.264 e. The van der Waals surface area contributed by atoms with Gasteiger partial charge in [-0.1, -0.05) is 6.07 Å². The summed E-state index contributed by atoms with van der Waals surface area (Å²) in [7, 11) is 0. The normalized spacial score (nSPS) is 32.8. The van der Waals surface area contributed by atoms with Crippen LogP contribution in [0.1, 0.15) is 69.7 Å². The minimum Gasteiger partial charge on any atom is -0.383 e. The second-order valence-electron chi connectivity index (χ2n) is 14.2. The van der Waals surface area contributed by atoms with Crippen LogP contribution in [0, 0.1) is 30.1 Å². The van der Waals surface area contributed by atoms with Crippen molar-refractivity contribution in [3.05, 3.63) is 34.4 Å². The van der Waals surface area contributed by atoms with Crippen molar-refractivity contribution >= 4 is 28.4 Å². The van der Waals surface area contributed by atoms with Crippen LogP contribution in [0.5, 0.6) is 0 Å². The number of amides is 2. The van der Waals surface area contributed by atoms with Gasteiger partial charge in [0.25, 0.3) is 5.56 Å². The minimum absolute atomic E-state index is 0.117. The van der Waals surface area contributed by atoms with Crippen LogP contribution in [0.15, 0.2) is 23.0 Å². The quantitative estimate of drug-likeness (QED) is 0.429. The molecular formula is C33H45FN6O3. The van der Waals surface area contributed by atoms with Gasteiger partial charge in [-0.15, -0.1) is 0 Å². The lowest BCUT2D eigenvalue weighted by Gasteiger charge is -2.57. The summed E-state index contributed by atoms with van der Waals surface area (Å²) in [5.74, 6) is 2.56. The molecule has 2 N–H and O–H groups in total. The van der Waals surface area contributed by atoms with E-state index in [9.17, 15) is 18.8 Å². The monoisotopic (exact) mass is 592 g/mol. The summed E-state index contributed by atoms with van der Waals surface area (Å²) in [5, 5.41) is 6.18. The molecule has 2 amide bonds. The van der Waals surface area contributed by atoms with Gasteiger partial charge in [-0.3, -0.25) is 29.2 Å². The van der Waals surface area contributed by atoms with E-state index in [4.69, 9.17) is 0 Å². The third kappa shape index (κ3) is 5.61. The number of hydrogen-bond donors (Lipinski definition) is 2. The molecule has 2 unspecified atom stereocenters. The average molecular weight is 593 g/mol. The van der Waals surface area contributed by atoms with Crippen molar-refractivity contribution in [1.29, 1.82) is 0 Å². The van der Waals surface area contributed by atoms with Gasteiger partial charge in [0.1, 0.15) is 18.5 Å². The molecule has 6 fully saturated rings. The fourth-order valence-corrected chi connectivity index (χ4v) is 9.72. The summed E-state index contributed by atoms with van der Waals surface area (Å²) in [6, 6.07) is 4.63. The lowest BCUT2D eigenvalue weighted by molar-refractivity contribution is -0.135. The first-order chi connectivity index (χ1) is 20.8. The Morgan fingerprint density at radius 1 is 1.05 bits per heavy atom. The third-order valence-corrected chi connectivity index (χ3v) is 11.3. The lowest BCUT2D eigenvalue weighted by atomic mass is 9.49. The van der Waals surface area contributed by atoms with Crippen molar-refractivity contribution in [3.63, 3.8) is 0 Å². The number of aromatic nitrogens is 2. The molecule has 4 saturated carbocycles. The molecule has 2 aromatic rings. The molecule has 6 aliphatic rings. The van der Waals surface area contributed by atoms with Crippen molar-refractivity contribution in [3.8, 4) is 0 Å². The summed E-state index contributed by atoms with van der Waals surface area (Å²) < 4.78 is 15.7. The molecule has 10 heteroatoms. The molecule has 0 spiro atoms. The minimum atomic E-state index is -0.764. The number of fused-ring (bicyclic) bond motifs is 1. The summed E-state index contributed by atoms with van der Waals surface area (Å²) in [6.45, 7) is 6.27. The standard InChI is InChI=1S/C33H45FN6O3/c1-21-36-27-4-2-3-26(30(27)32(43)40(21)28-5-6-29(41)37-31(28)42)35-8-10-39-12-11-38(20-25(39)19-34)9-7-33-16-22-13-23(17-33)15-24(14-22)18-33/h2-4,22-25,28,35H,5-20H2,1H3,(H,37,41,42). The predicted octanol–water partition coefficient (Wildman–Crippen LogP) is 3.66. The fraction of sp³-hybridized carbons (Fsp3) is 0.697. The third-order valence-electron chi connectivity index (χ3n) is 11.3. The van der Waals surface area contributed by atoms with Crippen LogP contribution in [-0.4, -0.2) is 83.2 Å². The number of benzene rings is 1. The maximum absolute atomic E-state index is 14.3. The SMILES string of the molecule is Cc1nc2cccc(NCCN3CCN(CCC45CC6CC(CC(C6)C4)C5)CC3CF)c2c(=O)n1C1CCC(=O)NC1=O. The molecule has 4 aliphatic carbocycles. The summed E-state index contributed by atoms with van der Waals surface area (Å²) in [4.78, 5) is 47.3. The lowest BCUT2D eigenvalue weighted by Crippen LogP contribution is -2.56. The van der Waals surface area contributed by atoms with Gasteiger partial charge in [-0.25, -0.2) is 9.37 Å². The zero-order valence-electron chi connectivity index (χ0n) is 25.3. The zero-order valence-corrected chi connectivity index (χ0v) is 25.3. The van der Waals surface area contributed by atoms with E-state index in [0.29, 0.717) is 40.9 Å². The smallest absolute Gasteiger partial charge is 0.264 e. The van der Waals surface area contributed by atoms with Crippen LogP contribution >= 0.6 is 0 Å². The Balaban J connectivity index is 0.976. The van der Waals surface area contributed by atoms with Gasteiger partial charge in [0, 0.05) is 44.8 Å². The molecule has 2 aliphatic heterocycles. The number of imide groups is 1. The van der Waals surface area contributed by atoms with Gasteiger partial charge in [0.05, 0.1) is 16.9 Å². The van der Waals surface area contributed by atoms with E-state index in [0.717, 1.165) is 43.9 Å².